The van der Waals surface area contributed by atoms with Gasteiger partial charge in [0.1, 0.15) is 36.6 Å². The molecule has 0 saturated carbocycles. The van der Waals surface area contributed by atoms with E-state index in [1.165, 1.54) is 0 Å². The Morgan fingerprint density at radius 2 is 1.27 bits per heavy atom. The minimum Gasteiger partial charge on any atom is -0.459 e. The maximum Gasteiger partial charge on any atom is 0.308 e. The Bertz CT molecular complexity index is 2430. The summed E-state index contributed by atoms with van der Waals surface area (Å²) in [6.45, 7) is 17.2. The SMILES string of the molecule is C=C1C[C@@H]2CC[C@]34OC5[C@@H]6O[C@H]7CC[C@H](CC(=O)O[C@@H]8[C@@H](C)[C@@H]9O[C@@H]%10C[C@@]%11(C[C@@H]%12O[C@]%13(C[C@H](C)[C@@H]%14O[C@H]([C@@H](O)C[C@@H](O)CO)C[C@@H]%14O%13)C[C@H](C)[C@@H]%12O%11)O[C@@H]%10C[C@@H]9O[C@H]8C[C@H]8O[C@@H](CC[C@@H]1O2)C[C@@H](C)C8=C)O[C@@H]7[C@H](O3)[C@@H]6OC5(O)[C@H]4O. The molecule has 0 amide bonds. The third-order valence-electron chi connectivity index (χ3n) is 22.2. The van der Waals surface area contributed by atoms with E-state index < -0.39 is 121 Å². The molecule has 5 N–H and O–H groups in total. The molecule has 12 bridgehead atoms. The van der Waals surface area contributed by atoms with Crippen molar-refractivity contribution in [1.29, 1.82) is 0 Å². The number of aliphatic hydroxyl groups excluding tert-OH is 4. The first-order valence-corrected chi connectivity index (χ1v) is 31.0. The zero-order valence-electron chi connectivity index (χ0n) is 47.2. The number of rotatable bonds is 4. The van der Waals surface area contributed by atoms with E-state index in [0.29, 0.717) is 77.0 Å². The van der Waals surface area contributed by atoms with Gasteiger partial charge in [-0.25, -0.2) is 0 Å². The van der Waals surface area contributed by atoms with Crippen molar-refractivity contribution in [3.05, 3.63) is 24.3 Å². The normalized spacial score (nSPS) is 57.9. The highest BCUT2D eigenvalue weighted by Gasteiger charge is 2.79. The highest BCUT2D eigenvalue weighted by molar-refractivity contribution is 5.70. The van der Waals surface area contributed by atoms with Gasteiger partial charge in [0, 0.05) is 63.7 Å². The summed E-state index contributed by atoms with van der Waals surface area (Å²) in [5.74, 6) is -5.84. The van der Waals surface area contributed by atoms with Crippen LogP contribution < -0.4 is 0 Å². The molecule has 81 heavy (non-hydrogen) atoms. The standard InChI is InChI=1S/C60H86O21/c1-25-13-32-7-9-36-26(2)14-34(67-36)11-12-59-56(65)60(66)55(81-59)54-53(80-60)52(79-59)51-37(71-54)10-8-33(69-51)16-46(64)74-50-30(6)49-42(70-41(50)17-38(68-32)29(25)5)19-40-44(73-49)22-58(75-40)23-45-48(78-58)28(4)21-57(77-45)20-27(3)47-43(76-57)18-39(72-47)35(63)15-31(62)24-61/h25,27-28,30-45,47-56,61-63,65-66H,2,5,7-24H2,1,3-4,6H3/t25-,27+,28+,30+,31-,32+,33-,34+,35+,36+,37+,38-,39+,40-,41+,42+,43+,44-,45+,47+,48+,49+,50-,51+,52+,53+,54-,55?,56+,57-,58-,59-,60?/m1/s1. The molecular weight excluding hydrogens is 1060 g/mol. The summed E-state index contributed by atoms with van der Waals surface area (Å²) >= 11 is 0. The Morgan fingerprint density at radius 1 is 0.568 bits per heavy atom. The van der Waals surface area contributed by atoms with Gasteiger partial charge >= 0.3 is 5.97 Å². The molecule has 16 heterocycles. The molecule has 21 heteroatoms. The van der Waals surface area contributed by atoms with Gasteiger partial charge in [-0.2, -0.15) is 0 Å². The van der Waals surface area contributed by atoms with Crippen molar-refractivity contribution < 1.29 is 101 Å². The van der Waals surface area contributed by atoms with Crippen molar-refractivity contribution in [3.8, 4) is 0 Å². The van der Waals surface area contributed by atoms with Crippen LogP contribution in [-0.2, 0) is 75.8 Å². The van der Waals surface area contributed by atoms with Crippen molar-refractivity contribution in [3.63, 3.8) is 0 Å². The van der Waals surface area contributed by atoms with Crippen molar-refractivity contribution in [1.82, 2.24) is 0 Å². The topological polar surface area (TPSA) is 257 Å². The number of fused-ring (bicyclic) bond motifs is 10. The molecule has 0 aromatic heterocycles. The van der Waals surface area contributed by atoms with Crippen LogP contribution in [-0.4, -0.2) is 214 Å². The number of hydrogen-bond acceptors (Lipinski definition) is 21. The number of hydrogen-bond donors (Lipinski definition) is 5. The van der Waals surface area contributed by atoms with Crippen LogP contribution in [0.2, 0.25) is 0 Å². The molecule has 0 radical (unpaired) electrons. The Hall–Kier alpha value is -1.81. The maximum atomic E-state index is 14.6. The van der Waals surface area contributed by atoms with Crippen LogP contribution in [0.1, 0.15) is 137 Å². The lowest BCUT2D eigenvalue weighted by Gasteiger charge is -2.50. The Balaban J connectivity index is 0.660. The van der Waals surface area contributed by atoms with Crippen molar-refractivity contribution >= 4 is 5.97 Å². The average molecular weight is 1140 g/mol. The van der Waals surface area contributed by atoms with Gasteiger partial charge in [0.2, 0.25) is 11.6 Å². The van der Waals surface area contributed by atoms with Gasteiger partial charge in [0.15, 0.2) is 17.7 Å². The lowest BCUT2D eigenvalue weighted by molar-refractivity contribution is -0.347. The number of esters is 1. The molecule has 16 aliphatic rings. The maximum absolute atomic E-state index is 14.6. The van der Waals surface area contributed by atoms with Crippen LogP contribution in [0.4, 0.5) is 0 Å². The molecule has 0 aliphatic carbocycles. The minimum absolute atomic E-state index is 0.0207. The van der Waals surface area contributed by atoms with Gasteiger partial charge in [-0.05, 0) is 73.8 Å². The number of aliphatic hydroxyl groups is 5. The molecule has 21 nitrogen and oxygen atoms in total. The minimum atomic E-state index is -2.03. The molecule has 16 saturated heterocycles. The summed E-state index contributed by atoms with van der Waals surface area (Å²) in [6, 6.07) is 0. The van der Waals surface area contributed by atoms with Gasteiger partial charge in [-0.1, -0.05) is 40.9 Å². The predicted octanol–water partition coefficient (Wildman–Crippen LogP) is 3.22. The fourth-order valence-electron chi connectivity index (χ4n) is 18.2. The first-order chi connectivity index (χ1) is 38.8. The first-order valence-electron chi connectivity index (χ1n) is 31.0. The lowest BCUT2D eigenvalue weighted by atomic mass is 9.79. The lowest BCUT2D eigenvalue weighted by Crippen LogP contribution is -2.63. The number of ether oxygens (including phenoxy) is 15. The molecule has 0 aromatic rings. The number of carbonyl (C=O) groups excluding carboxylic acids is 1. The summed E-state index contributed by atoms with van der Waals surface area (Å²) < 4.78 is 102. The summed E-state index contributed by atoms with van der Waals surface area (Å²) in [5.41, 5.74) is 1.99. The summed E-state index contributed by atoms with van der Waals surface area (Å²) in [5, 5.41) is 54.2. The quantitative estimate of drug-likeness (QED) is 0.200. The van der Waals surface area contributed by atoms with Crippen LogP contribution in [0, 0.1) is 23.7 Å². The molecular formula is C60H86O21. The van der Waals surface area contributed by atoms with E-state index in [1.807, 2.05) is 0 Å². The van der Waals surface area contributed by atoms with E-state index in [2.05, 4.69) is 40.9 Å². The molecule has 16 rings (SSSR count). The summed E-state index contributed by atoms with van der Waals surface area (Å²) in [4.78, 5) is 14.6. The van der Waals surface area contributed by atoms with Gasteiger partial charge < -0.3 is 96.6 Å². The highest BCUT2D eigenvalue weighted by Crippen LogP contribution is 2.60. The first kappa shape index (κ1) is 55.7. The Labute approximate surface area is 473 Å². The molecule has 33 atom stereocenters. The predicted molar refractivity (Wildman–Crippen MR) is 276 cm³/mol. The van der Waals surface area contributed by atoms with Gasteiger partial charge in [-0.15, -0.1) is 0 Å². The molecule has 452 valence electrons. The fourth-order valence-corrected chi connectivity index (χ4v) is 18.2. The average Bonchev–Trinajstić information content (AvgIpc) is 4.41. The van der Waals surface area contributed by atoms with Crippen LogP contribution in [0.25, 0.3) is 0 Å². The monoisotopic (exact) mass is 1140 g/mol. The third kappa shape index (κ3) is 9.28. The van der Waals surface area contributed by atoms with Crippen molar-refractivity contribution in [2.45, 2.75) is 313 Å². The van der Waals surface area contributed by atoms with Crippen LogP contribution in [0.3, 0.4) is 0 Å². The smallest absolute Gasteiger partial charge is 0.308 e. The van der Waals surface area contributed by atoms with Crippen LogP contribution >= 0.6 is 0 Å². The van der Waals surface area contributed by atoms with Crippen molar-refractivity contribution in [2.75, 3.05) is 6.61 Å². The third-order valence-corrected chi connectivity index (χ3v) is 22.2. The largest absolute Gasteiger partial charge is 0.459 e. The van der Waals surface area contributed by atoms with Crippen LogP contribution in [0.15, 0.2) is 24.3 Å². The zero-order chi connectivity index (χ0) is 55.8. The molecule has 3 spiro atoms. The van der Waals surface area contributed by atoms with Gasteiger partial charge in [-0.3, -0.25) is 4.79 Å². The zero-order valence-corrected chi connectivity index (χ0v) is 47.2. The van der Waals surface area contributed by atoms with E-state index in [4.69, 9.17) is 71.1 Å². The fraction of sp³-hybridized carbons (Fsp3) is 0.917. The summed E-state index contributed by atoms with van der Waals surface area (Å²) in [7, 11) is 0. The summed E-state index contributed by atoms with van der Waals surface area (Å²) in [6.07, 6.45) is -5.06. The van der Waals surface area contributed by atoms with Crippen LogP contribution in [0.5, 0.6) is 0 Å². The van der Waals surface area contributed by atoms with Gasteiger partial charge in [0.05, 0.1) is 123 Å². The van der Waals surface area contributed by atoms with E-state index in [0.717, 1.165) is 24.0 Å². The Kier molecular flexibility index (Phi) is 14.0. The van der Waals surface area contributed by atoms with E-state index in [-0.39, 0.29) is 110 Å². The molecule has 2 unspecified atom stereocenters. The number of carbonyl (C=O) groups is 1. The second-order valence-electron chi connectivity index (χ2n) is 27.8. The second kappa shape index (κ2) is 20.4. The van der Waals surface area contributed by atoms with E-state index in [9.17, 15) is 30.3 Å². The van der Waals surface area contributed by atoms with Gasteiger partial charge in [0.25, 0.3) is 0 Å². The molecule has 16 aliphatic heterocycles. The Morgan fingerprint density at radius 3 is 2.10 bits per heavy atom. The van der Waals surface area contributed by atoms with E-state index >= 15 is 0 Å². The van der Waals surface area contributed by atoms with E-state index in [1.54, 1.807) is 0 Å². The second-order valence-corrected chi connectivity index (χ2v) is 27.8. The van der Waals surface area contributed by atoms with Crippen molar-refractivity contribution in [2.24, 2.45) is 23.7 Å². The molecule has 0 aromatic carbocycles. The molecule has 16 fully saturated rings. The highest BCUT2D eigenvalue weighted by atomic mass is 16.8.